The van der Waals surface area contributed by atoms with Gasteiger partial charge in [-0.2, -0.15) is 0 Å². The molecule has 0 radical (unpaired) electrons. The van der Waals surface area contributed by atoms with Crippen molar-refractivity contribution in [2.75, 3.05) is 20.2 Å². The number of nitrogens with one attached hydrogen (secondary N) is 1. The van der Waals surface area contributed by atoms with Gasteiger partial charge in [-0.05, 0) is 30.5 Å². The first-order chi connectivity index (χ1) is 11.3. The fraction of sp³-hybridized carbons (Fsp3) is 0.579. The average molecular weight is 332 g/mol. The molecule has 0 spiro atoms. The molecule has 1 heterocycles. The maximum Gasteiger partial charge on any atom is 0.227 e. The number of methoxy groups -OCH3 is 1. The van der Waals surface area contributed by atoms with Gasteiger partial charge in [0.1, 0.15) is 5.75 Å². The number of hydrogen-bond acceptors (Lipinski definition) is 3. The quantitative estimate of drug-likeness (QED) is 0.922. The second kappa shape index (κ2) is 7.69. The Balaban J connectivity index is 1.88. The summed E-state index contributed by atoms with van der Waals surface area (Å²) in [5.74, 6) is 0.823. The monoisotopic (exact) mass is 332 g/mol. The predicted octanol–water partition coefficient (Wildman–Crippen LogP) is 2.60. The Kier molecular flexibility index (Phi) is 5.86. The number of amides is 2. The number of benzene rings is 1. The molecule has 1 fully saturated rings. The zero-order valence-electron chi connectivity index (χ0n) is 15.1. The van der Waals surface area contributed by atoms with E-state index >= 15 is 0 Å². The molecule has 0 aromatic heterocycles. The molecule has 0 bridgehead atoms. The van der Waals surface area contributed by atoms with Crippen molar-refractivity contribution in [3.63, 3.8) is 0 Å². The molecule has 1 atom stereocenters. The van der Waals surface area contributed by atoms with Crippen LogP contribution < -0.4 is 10.1 Å². The maximum atomic E-state index is 12.4. The fourth-order valence-electron chi connectivity index (χ4n) is 2.93. The zero-order valence-corrected chi connectivity index (χ0v) is 15.1. The molecule has 0 aliphatic carbocycles. The van der Waals surface area contributed by atoms with Crippen LogP contribution in [0.1, 0.15) is 39.2 Å². The Labute approximate surface area is 144 Å². The van der Waals surface area contributed by atoms with Gasteiger partial charge in [0.2, 0.25) is 11.8 Å². The van der Waals surface area contributed by atoms with Crippen molar-refractivity contribution in [3.8, 4) is 5.75 Å². The number of likely N-dealkylation sites (tertiary alicyclic amines) is 1. The van der Waals surface area contributed by atoms with Crippen LogP contribution in [0.4, 0.5) is 0 Å². The molecule has 2 amide bonds. The van der Waals surface area contributed by atoms with E-state index in [1.165, 1.54) is 0 Å². The van der Waals surface area contributed by atoms with E-state index in [-0.39, 0.29) is 17.7 Å². The summed E-state index contributed by atoms with van der Waals surface area (Å²) in [7, 11) is 1.63. The van der Waals surface area contributed by atoms with Gasteiger partial charge in [0.05, 0.1) is 13.0 Å². The molecule has 1 aromatic rings. The first-order valence-corrected chi connectivity index (χ1v) is 8.51. The smallest absolute Gasteiger partial charge is 0.227 e. The van der Waals surface area contributed by atoms with Crippen molar-refractivity contribution in [2.24, 2.45) is 11.3 Å². The third-order valence-electron chi connectivity index (χ3n) is 4.35. The molecule has 1 saturated heterocycles. The van der Waals surface area contributed by atoms with E-state index in [4.69, 9.17) is 4.74 Å². The van der Waals surface area contributed by atoms with Gasteiger partial charge in [-0.15, -0.1) is 0 Å². The first-order valence-electron chi connectivity index (χ1n) is 8.51. The highest BCUT2D eigenvalue weighted by atomic mass is 16.5. The summed E-state index contributed by atoms with van der Waals surface area (Å²) in [6.07, 6.45) is 1.71. The van der Waals surface area contributed by atoms with Crippen LogP contribution in [0.5, 0.6) is 5.75 Å². The number of piperidine rings is 1. The normalized spacial score (nSPS) is 18.2. The highest BCUT2D eigenvalue weighted by molar-refractivity contribution is 5.83. The summed E-state index contributed by atoms with van der Waals surface area (Å²) in [6, 6.07) is 7.64. The first kappa shape index (κ1) is 18.3. The number of rotatable bonds is 4. The molecule has 1 aliphatic heterocycles. The molecule has 2 rings (SSSR count). The summed E-state index contributed by atoms with van der Waals surface area (Å²) >= 11 is 0. The second-order valence-electron chi connectivity index (χ2n) is 7.41. The van der Waals surface area contributed by atoms with Crippen LogP contribution in [0.3, 0.4) is 0 Å². The largest absolute Gasteiger partial charge is 0.497 e. The molecule has 24 heavy (non-hydrogen) atoms. The van der Waals surface area contributed by atoms with Crippen LogP contribution >= 0.6 is 0 Å². The van der Waals surface area contributed by atoms with Crippen LogP contribution in [0.15, 0.2) is 24.3 Å². The van der Waals surface area contributed by atoms with Crippen molar-refractivity contribution in [2.45, 2.75) is 40.2 Å². The molecule has 132 valence electrons. The molecule has 1 aliphatic rings. The highest BCUT2D eigenvalue weighted by Crippen LogP contribution is 2.23. The molecule has 5 heteroatoms. The van der Waals surface area contributed by atoms with E-state index in [1.807, 2.05) is 49.9 Å². The fourth-order valence-corrected chi connectivity index (χ4v) is 2.93. The van der Waals surface area contributed by atoms with Crippen LogP contribution in [-0.2, 0) is 16.1 Å². The highest BCUT2D eigenvalue weighted by Gasteiger charge is 2.33. The Morgan fingerprint density at radius 2 is 1.92 bits per heavy atom. The van der Waals surface area contributed by atoms with Crippen LogP contribution in [0.2, 0.25) is 0 Å². The minimum absolute atomic E-state index is 0.0252. The molecular formula is C19H28N2O3. The van der Waals surface area contributed by atoms with Gasteiger partial charge < -0.3 is 15.0 Å². The van der Waals surface area contributed by atoms with E-state index in [9.17, 15) is 9.59 Å². The van der Waals surface area contributed by atoms with Crippen molar-refractivity contribution in [3.05, 3.63) is 29.8 Å². The number of carbonyl (C=O) groups is 2. The van der Waals surface area contributed by atoms with Gasteiger partial charge in [0.15, 0.2) is 0 Å². The topological polar surface area (TPSA) is 58.6 Å². The number of ether oxygens (including phenoxy) is 1. The summed E-state index contributed by atoms with van der Waals surface area (Å²) in [5, 5.41) is 2.99. The number of carbonyl (C=O) groups excluding carboxylic acids is 2. The lowest BCUT2D eigenvalue weighted by Crippen LogP contribution is -2.48. The second-order valence-corrected chi connectivity index (χ2v) is 7.41. The van der Waals surface area contributed by atoms with Crippen LogP contribution in [0.25, 0.3) is 0 Å². The number of nitrogens with zero attached hydrogens (tertiary/aromatic N) is 1. The minimum atomic E-state index is -0.401. The van der Waals surface area contributed by atoms with E-state index in [2.05, 4.69) is 5.32 Å². The third-order valence-corrected chi connectivity index (χ3v) is 4.35. The number of hydrogen-bond donors (Lipinski definition) is 1. The van der Waals surface area contributed by atoms with E-state index in [1.54, 1.807) is 7.11 Å². The van der Waals surface area contributed by atoms with Crippen molar-refractivity contribution in [1.29, 1.82) is 0 Å². The SMILES string of the molecule is COc1ccc(CNC(=O)C2CCCN(C(=O)C(C)(C)C)C2)cc1. The lowest BCUT2D eigenvalue weighted by Gasteiger charge is -2.35. The van der Waals surface area contributed by atoms with Crippen molar-refractivity contribution < 1.29 is 14.3 Å². The Bertz CT molecular complexity index is 575. The van der Waals surface area contributed by atoms with Gasteiger partial charge >= 0.3 is 0 Å². The summed E-state index contributed by atoms with van der Waals surface area (Å²) in [4.78, 5) is 26.7. The average Bonchev–Trinajstić information content (AvgIpc) is 2.58. The molecule has 1 unspecified atom stereocenters. The van der Waals surface area contributed by atoms with Gasteiger partial charge in [-0.3, -0.25) is 9.59 Å². The van der Waals surface area contributed by atoms with Crippen LogP contribution in [0, 0.1) is 11.3 Å². The van der Waals surface area contributed by atoms with E-state index in [0.29, 0.717) is 13.1 Å². The van der Waals surface area contributed by atoms with Crippen LogP contribution in [-0.4, -0.2) is 36.9 Å². The van der Waals surface area contributed by atoms with Gasteiger partial charge in [-0.1, -0.05) is 32.9 Å². The summed E-state index contributed by atoms with van der Waals surface area (Å²) in [6.45, 7) is 7.52. The lowest BCUT2D eigenvalue weighted by molar-refractivity contribution is -0.142. The van der Waals surface area contributed by atoms with Crippen molar-refractivity contribution >= 4 is 11.8 Å². The van der Waals surface area contributed by atoms with Crippen molar-refractivity contribution in [1.82, 2.24) is 10.2 Å². The molecular weight excluding hydrogens is 304 g/mol. The van der Waals surface area contributed by atoms with Gasteiger partial charge in [0, 0.05) is 25.0 Å². The predicted molar refractivity (Wildman–Crippen MR) is 93.6 cm³/mol. The zero-order chi connectivity index (χ0) is 17.7. The minimum Gasteiger partial charge on any atom is -0.497 e. The molecule has 1 N–H and O–H groups in total. The Hall–Kier alpha value is -2.04. The Morgan fingerprint density at radius 1 is 1.25 bits per heavy atom. The summed E-state index contributed by atoms with van der Waals surface area (Å²) in [5.41, 5.74) is 0.629. The maximum absolute atomic E-state index is 12.4. The molecule has 0 saturated carbocycles. The van der Waals surface area contributed by atoms with Gasteiger partial charge in [-0.25, -0.2) is 0 Å². The van der Waals surface area contributed by atoms with Gasteiger partial charge in [0.25, 0.3) is 0 Å². The van der Waals surface area contributed by atoms with E-state index in [0.717, 1.165) is 30.7 Å². The Morgan fingerprint density at radius 3 is 2.50 bits per heavy atom. The standard InChI is InChI=1S/C19H28N2O3/c1-19(2,3)18(23)21-11-5-6-15(13-21)17(22)20-12-14-7-9-16(24-4)10-8-14/h7-10,15H,5-6,11-13H2,1-4H3,(H,20,22). The third kappa shape index (κ3) is 4.73. The lowest BCUT2D eigenvalue weighted by atomic mass is 9.91. The molecule has 5 nitrogen and oxygen atoms in total. The summed E-state index contributed by atoms with van der Waals surface area (Å²) < 4.78 is 5.13. The molecule has 1 aromatic carbocycles. The van der Waals surface area contributed by atoms with E-state index < -0.39 is 5.41 Å².